The molecule has 4 heterocycles. The van der Waals surface area contributed by atoms with E-state index in [2.05, 4.69) is 14.9 Å². The van der Waals surface area contributed by atoms with E-state index in [1.165, 1.54) is 11.8 Å². The first-order valence-electron chi connectivity index (χ1n) is 11.2. The number of carbonyl (C=O) groups is 1. The molecule has 1 atom stereocenters. The van der Waals surface area contributed by atoms with Crippen LogP contribution in [0.25, 0.3) is 10.9 Å². The molecule has 0 bridgehead atoms. The maximum atomic E-state index is 14.9. The van der Waals surface area contributed by atoms with Gasteiger partial charge in [0.05, 0.1) is 12.6 Å². The van der Waals surface area contributed by atoms with Crippen molar-refractivity contribution in [1.29, 1.82) is 0 Å². The highest BCUT2D eigenvalue weighted by molar-refractivity contribution is 7.99. The van der Waals surface area contributed by atoms with Crippen molar-refractivity contribution < 1.29 is 18.7 Å². The van der Waals surface area contributed by atoms with Crippen LogP contribution in [0.3, 0.4) is 0 Å². The van der Waals surface area contributed by atoms with Gasteiger partial charge < -0.3 is 19.3 Å². The van der Waals surface area contributed by atoms with Crippen LogP contribution in [0.15, 0.2) is 5.16 Å². The Bertz CT molecular complexity index is 1020. The number of amides is 1. The van der Waals surface area contributed by atoms with Crippen molar-refractivity contribution in [3.63, 3.8) is 0 Å². The summed E-state index contributed by atoms with van der Waals surface area (Å²) in [6, 6.07) is -0.0641. The van der Waals surface area contributed by atoms with Crippen molar-refractivity contribution in [3.05, 3.63) is 11.0 Å². The van der Waals surface area contributed by atoms with Crippen LogP contribution in [-0.2, 0) is 4.74 Å². The van der Waals surface area contributed by atoms with E-state index in [1.54, 1.807) is 4.90 Å². The van der Waals surface area contributed by atoms with Crippen molar-refractivity contribution in [2.24, 2.45) is 0 Å². The van der Waals surface area contributed by atoms with E-state index in [9.17, 15) is 9.18 Å². The maximum Gasteiger partial charge on any atom is 0.410 e. The highest BCUT2D eigenvalue weighted by Crippen LogP contribution is 2.39. The Morgan fingerprint density at radius 3 is 2.67 bits per heavy atom. The Morgan fingerprint density at radius 2 is 2.00 bits per heavy atom. The van der Waals surface area contributed by atoms with Crippen LogP contribution in [0.1, 0.15) is 48.0 Å². The van der Waals surface area contributed by atoms with E-state index in [0.29, 0.717) is 49.0 Å². The second-order valence-corrected chi connectivity index (χ2v) is 10.0. The van der Waals surface area contributed by atoms with Crippen molar-refractivity contribution in [3.8, 4) is 5.88 Å². The number of pyridine rings is 1. The minimum atomic E-state index is -0.685. The first-order chi connectivity index (χ1) is 15.7. The zero-order valence-corrected chi connectivity index (χ0v) is 21.5. The summed E-state index contributed by atoms with van der Waals surface area (Å²) in [6.45, 7) is 13.3. The number of thioether (sulfide) groups is 1. The van der Waals surface area contributed by atoms with Gasteiger partial charge in [-0.3, -0.25) is 0 Å². The summed E-state index contributed by atoms with van der Waals surface area (Å²) < 4.78 is 26.3. The molecule has 11 heteroatoms. The lowest BCUT2D eigenvalue weighted by Crippen LogP contribution is -2.56. The largest absolute Gasteiger partial charge is 0.477 e. The number of hydrogen-bond donors (Lipinski definition) is 0. The molecule has 182 valence electrons. The highest BCUT2D eigenvalue weighted by atomic mass is 35.5. The molecule has 0 aliphatic carbocycles. The van der Waals surface area contributed by atoms with Gasteiger partial charge in [0.1, 0.15) is 22.3 Å². The molecule has 1 fully saturated rings. The Balaban J connectivity index is 0.00000149. The number of fused-ring (bicyclic) bond motifs is 2. The lowest BCUT2D eigenvalue weighted by atomic mass is 10.1. The van der Waals surface area contributed by atoms with Gasteiger partial charge in [-0.05, 0) is 26.5 Å². The molecule has 2 aromatic heterocycles. The Hall–Kier alpha value is -2.07. The predicted octanol–water partition coefficient (Wildman–Crippen LogP) is 5.16. The number of hydrogen-bond acceptors (Lipinski definition) is 8. The van der Waals surface area contributed by atoms with Gasteiger partial charge in [0.25, 0.3) is 0 Å². The molecule has 2 aromatic rings. The second-order valence-electron chi connectivity index (χ2n) is 8.42. The predicted molar refractivity (Wildman–Crippen MR) is 129 cm³/mol. The molecular formula is C22H31ClFN5O3S. The quantitative estimate of drug-likeness (QED) is 0.318. The lowest BCUT2D eigenvalue weighted by molar-refractivity contribution is 0.0207. The summed E-state index contributed by atoms with van der Waals surface area (Å²) in [6.07, 6.45) is 0.294. The molecule has 1 unspecified atom stereocenters. The van der Waals surface area contributed by atoms with Crippen molar-refractivity contribution in [1.82, 2.24) is 19.9 Å². The van der Waals surface area contributed by atoms with Crippen LogP contribution in [0.4, 0.5) is 15.0 Å². The van der Waals surface area contributed by atoms with Gasteiger partial charge in [-0.25, -0.2) is 19.2 Å². The number of piperazine rings is 1. The maximum absolute atomic E-state index is 14.9. The Kier molecular flexibility index (Phi) is 8.10. The molecule has 4 rings (SSSR count). The minimum Gasteiger partial charge on any atom is -0.477 e. The summed E-state index contributed by atoms with van der Waals surface area (Å²) in [7, 11) is 0. The SMILES string of the molecule is CC.CCSc1nc2c3c(nc(Cl)c(F)c3n1)OCCC1CN(C(=O)OC(C)(C)C)CCN21. The topological polar surface area (TPSA) is 80.7 Å². The van der Waals surface area contributed by atoms with Crippen LogP contribution < -0.4 is 9.64 Å². The van der Waals surface area contributed by atoms with E-state index in [-0.39, 0.29) is 28.7 Å². The van der Waals surface area contributed by atoms with Crippen molar-refractivity contribution in [2.45, 2.75) is 64.8 Å². The average Bonchev–Trinajstić information content (AvgIpc) is 2.76. The summed E-state index contributed by atoms with van der Waals surface area (Å²) >= 11 is 7.43. The zero-order valence-electron chi connectivity index (χ0n) is 19.9. The fourth-order valence-electron chi connectivity index (χ4n) is 3.75. The second kappa shape index (κ2) is 10.5. The first kappa shape index (κ1) is 25.6. The van der Waals surface area contributed by atoms with Gasteiger partial charge in [0.2, 0.25) is 5.88 Å². The average molecular weight is 500 g/mol. The summed E-state index contributed by atoms with van der Waals surface area (Å²) in [5, 5.41) is 0.607. The third-order valence-electron chi connectivity index (χ3n) is 5.04. The number of anilines is 1. The highest BCUT2D eigenvalue weighted by Gasteiger charge is 2.36. The van der Waals surface area contributed by atoms with E-state index >= 15 is 0 Å². The third kappa shape index (κ3) is 5.54. The molecule has 1 saturated heterocycles. The molecule has 0 radical (unpaired) electrons. The third-order valence-corrected chi connectivity index (χ3v) is 6.02. The van der Waals surface area contributed by atoms with Crippen LogP contribution in [0.2, 0.25) is 5.15 Å². The number of rotatable bonds is 2. The van der Waals surface area contributed by atoms with Gasteiger partial charge in [0.15, 0.2) is 16.1 Å². The molecule has 0 aromatic carbocycles. The molecule has 2 aliphatic heterocycles. The van der Waals surface area contributed by atoms with Gasteiger partial charge in [-0.15, -0.1) is 0 Å². The number of nitrogens with zero attached hydrogens (tertiary/aromatic N) is 5. The van der Waals surface area contributed by atoms with Gasteiger partial charge >= 0.3 is 6.09 Å². The fourth-order valence-corrected chi connectivity index (χ4v) is 4.48. The van der Waals surface area contributed by atoms with E-state index in [1.807, 2.05) is 41.5 Å². The standard InChI is InChI=1S/C20H25ClFN5O3S.C2H6/c1-5-31-18-23-14-12-16(25-18)27-8-7-26(19(28)30-20(2,3)4)10-11(27)6-9-29-17(12)24-15(21)13(14)22;1-2/h11H,5-10H2,1-4H3;1-2H3. The molecule has 33 heavy (non-hydrogen) atoms. The van der Waals surface area contributed by atoms with E-state index < -0.39 is 11.4 Å². The smallest absolute Gasteiger partial charge is 0.410 e. The van der Waals surface area contributed by atoms with Gasteiger partial charge in [-0.2, -0.15) is 4.98 Å². The number of halogens is 2. The van der Waals surface area contributed by atoms with Crippen molar-refractivity contribution >= 4 is 46.2 Å². The van der Waals surface area contributed by atoms with Gasteiger partial charge in [0, 0.05) is 26.1 Å². The lowest BCUT2D eigenvalue weighted by Gasteiger charge is -2.43. The molecule has 0 N–H and O–H groups in total. The van der Waals surface area contributed by atoms with Crippen molar-refractivity contribution in [2.75, 3.05) is 36.9 Å². The number of carbonyl (C=O) groups excluding carboxylic acids is 1. The van der Waals surface area contributed by atoms with E-state index in [0.717, 1.165) is 5.75 Å². The summed E-state index contributed by atoms with van der Waals surface area (Å²) in [5.74, 6) is 0.852. The normalized spacial score (nSPS) is 17.9. The molecule has 1 amide bonds. The molecule has 2 aliphatic rings. The molecule has 0 spiro atoms. The molecular weight excluding hydrogens is 469 g/mol. The minimum absolute atomic E-state index is 0.0641. The zero-order chi connectivity index (χ0) is 24.3. The van der Waals surface area contributed by atoms with Crippen LogP contribution in [0.5, 0.6) is 5.88 Å². The van der Waals surface area contributed by atoms with Crippen LogP contribution in [0, 0.1) is 5.82 Å². The fraction of sp³-hybridized carbons (Fsp3) is 0.636. The van der Waals surface area contributed by atoms with Crippen LogP contribution in [-0.4, -0.2) is 69.6 Å². The Labute approximate surface area is 203 Å². The summed E-state index contributed by atoms with van der Waals surface area (Å²) in [5.41, 5.74) is -0.462. The van der Waals surface area contributed by atoms with Gasteiger partial charge in [-0.1, -0.05) is 44.1 Å². The number of ether oxygens (including phenoxy) is 2. The van der Waals surface area contributed by atoms with E-state index in [4.69, 9.17) is 26.1 Å². The molecule has 8 nitrogen and oxygen atoms in total. The first-order valence-corrected chi connectivity index (χ1v) is 12.6. The van der Waals surface area contributed by atoms with Crippen LogP contribution >= 0.6 is 23.4 Å². The monoisotopic (exact) mass is 499 g/mol. The summed E-state index contributed by atoms with van der Waals surface area (Å²) in [4.78, 5) is 29.6. The molecule has 0 saturated carbocycles. The number of aromatic nitrogens is 3. The Morgan fingerprint density at radius 1 is 1.27 bits per heavy atom.